The molecular weight excluding hydrogens is 458 g/mol. The highest BCUT2D eigenvalue weighted by Gasteiger charge is 2.19. The van der Waals surface area contributed by atoms with Gasteiger partial charge in [-0.05, 0) is 49.7 Å². The van der Waals surface area contributed by atoms with Crippen LogP contribution < -0.4 is 10.0 Å². The van der Waals surface area contributed by atoms with Gasteiger partial charge in [-0.15, -0.1) is 11.3 Å². The third kappa shape index (κ3) is 4.18. The third-order valence-electron chi connectivity index (χ3n) is 5.20. The average molecular weight is 478 g/mol. The van der Waals surface area contributed by atoms with Gasteiger partial charge in [-0.25, -0.2) is 23.1 Å². The lowest BCUT2D eigenvalue weighted by Gasteiger charge is -2.09. The molecule has 0 aliphatic carbocycles. The van der Waals surface area contributed by atoms with Gasteiger partial charge in [0.05, 0.1) is 16.0 Å². The summed E-state index contributed by atoms with van der Waals surface area (Å²) in [5.74, 6) is 0.768. The number of hydrogen-bond acceptors (Lipinski definition) is 8. The zero-order valence-electron chi connectivity index (χ0n) is 17.7. The van der Waals surface area contributed by atoms with Crippen LogP contribution in [-0.2, 0) is 10.0 Å². The average Bonchev–Trinajstić information content (AvgIpc) is 3.40. The van der Waals surface area contributed by atoms with Crippen LogP contribution in [0.1, 0.15) is 11.3 Å². The van der Waals surface area contributed by atoms with Crippen LogP contribution in [0.15, 0.2) is 76.4 Å². The molecule has 33 heavy (non-hydrogen) atoms. The number of fused-ring (bicyclic) bond motifs is 1. The van der Waals surface area contributed by atoms with Crippen molar-refractivity contribution in [3.8, 4) is 10.4 Å². The van der Waals surface area contributed by atoms with Crippen molar-refractivity contribution in [2.75, 3.05) is 10.0 Å². The van der Waals surface area contributed by atoms with Gasteiger partial charge in [0, 0.05) is 16.1 Å². The molecule has 0 spiro atoms. The van der Waals surface area contributed by atoms with Crippen LogP contribution in [0.25, 0.3) is 20.7 Å². The molecule has 0 saturated heterocycles. The Morgan fingerprint density at radius 1 is 0.970 bits per heavy atom. The first-order valence-corrected chi connectivity index (χ1v) is 12.3. The Morgan fingerprint density at radius 3 is 2.42 bits per heavy atom. The molecule has 5 rings (SSSR count). The van der Waals surface area contributed by atoms with Crippen molar-refractivity contribution >= 4 is 49.0 Å². The van der Waals surface area contributed by atoms with Crippen LogP contribution in [0.3, 0.4) is 0 Å². The smallest absolute Gasteiger partial charge is 0.264 e. The Labute approximate surface area is 194 Å². The van der Waals surface area contributed by atoms with Crippen LogP contribution in [0.5, 0.6) is 0 Å². The van der Waals surface area contributed by atoms with Crippen LogP contribution in [0.4, 0.5) is 17.4 Å². The van der Waals surface area contributed by atoms with Crippen molar-refractivity contribution in [3.63, 3.8) is 0 Å². The molecule has 166 valence electrons. The number of hydrogen-bond donors (Lipinski definition) is 2. The molecule has 0 aliphatic heterocycles. The molecule has 8 nitrogen and oxygen atoms in total. The van der Waals surface area contributed by atoms with Gasteiger partial charge in [0.15, 0.2) is 0 Å². The van der Waals surface area contributed by atoms with Crippen LogP contribution >= 0.6 is 11.3 Å². The largest absolute Gasteiger partial charge is 0.340 e. The fourth-order valence-electron chi connectivity index (χ4n) is 3.25. The Kier molecular flexibility index (Phi) is 5.31. The second-order valence-corrected chi connectivity index (χ2v) is 10.1. The fraction of sp³-hybridized carbons (Fsp3) is 0.0870. The number of nitrogens with one attached hydrogen (secondary N) is 2. The molecule has 2 aromatic carbocycles. The highest BCUT2D eigenvalue weighted by atomic mass is 32.2. The molecule has 0 bridgehead atoms. The summed E-state index contributed by atoms with van der Waals surface area (Å²) >= 11 is 1.59. The number of anilines is 3. The molecule has 0 saturated carbocycles. The molecule has 0 unspecified atom stereocenters. The monoisotopic (exact) mass is 477 g/mol. The number of nitrogens with zero attached hydrogens (tertiary/aromatic N) is 3. The Morgan fingerprint density at radius 2 is 1.73 bits per heavy atom. The maximum Gasteiger partial charge on any atom is 0.264 e. The van der Waals surface area contributed by atoms with E-state index in [4.69, 9.17) is 4.52 Å². The van der Waals surface area contributed by atoms with Crippen molar-refractivity contribution in [3.05, 3.63) is 78.2 Å². The van der Waals surface area contributed by atoms with Crippen LogP contribution in [0.2, 0.25) is 0 Å². The number of sulfonamides is 1. The van der Waals surface area contributed by atoms with Gasteiger partial charge in [0.25, 0.3) is 10.0 Å². The molecule has 0 amide bonds. The molecule has 0 radical (unpaired) electrons. The van der Waals surface area contributed by atoms with Gasteiger partial charge in [0.1, 0.15) is 17.0 Å². The van der Waals surface area contributed by atoms with Crippen molar-refractivity contribution in [2.24, 2.45) is 0 Å². The summed E-state index contributed by atoms with van der Waals surface area (Å²) < 4.78 is 32.9. The van der Waals surface area contributed by atoms with E-state index >= 15 is 0 Å². The van der Waals surface area contributed by atoms with E-state index in [1.165, 1.54) is 18.5 Å². The van der Waals surface area contributed by atoms with Crippen molar-refractivity contribution in [2.45, 2.75) is 18.7 Å². The Hall–Kier alpha value is -3.76. The van der Waals surface area contributed by atoms with Gasteiger partial charge >= 0.3 is 0 Å². The molecule has 0 atom stereocenters. The second kappa shape index (κ2) is 8.30. The molecule has 0 aliphatic rings. The summed E-state index contributed by atoms with van der Waals surface area (Å²) in [4.78, 5) is 10.8. The fourth-order valence-corrected chi connectivity index (χ4v) is 5.30. The van der Waals surface area contributed by atoms with Crippen molar-refractivity contribution in [1.82, 2.24) is 15.1 Å². The predicted octanol–water partition coefficient (Wildman–Crippen LogP) is 5.51. The minimum atomic E-state index is -3.81. The van der Waals surface area contributed by atoms with Crippen LogP contribution in [-0.4, -0.2) is 23.5 Å². The number of benzene rings is 2. The standard InChI is InChI=1S/C23H19N5O3S2/c1-14-15(2)27-31-22(14)28-33(29,30)18-10-8-17(9-11-18)26-21-19-12-20(16-6-4-3-5-7-16)32-23(19)25-13-24-21/h3-13,28H,1-2H3,(H,24,25,26). The van der Waals surface area contributed by atoms with E-state index in [0.29, 0.717) is 22.8 Å². The topological polar surface area (TPSA) is 110 Å². The summed E-state index contributed by atoms with van der Waals surface area (Å²) in [6.45, 7) is 3.49. The summed E-state index contributed by atoms with van der Waals surface area (Å²) in [7, 11) is -3.81. The van der Waals surface area contributed by atoms with Gasteiger partial charge in [0.2, 0.25) is 5.88 Å². The minimum absolute atomic E-state index is 0.108. The lowest BCUT2D eigenvalue weighted by Crippen LogP contribution is -2.13. The maximum absolute atomic E-state index is 12.7. The second-order valence-electron chi connectivity index (χ2n) is 7.39. The number of aromatic nitrogens is 3. The van der Waals surface area contributed by atoms with E-state index in [0.717, 1.165) is 20.7 Å². The lowest BCUT2D eigenvalue weighted by atomic mass is 10.2. The molecule has 0 fully saturated rings. The molecular formula is C23H19N5O3S2. The Bertz CT molecular complexity index is 1540. The minimum Gasteiger partial charge on any atom is -0.340 e. The van der Waals surface area contributed by atoms with Gasteiger partial charge in [-0.3, -0.25) is 0 Å². The molecule has 5 aromatic rings. The summed E-state index contributed by atoms with van der Waals surface area (Å²) in [5.41, 5.74) is 3.10. The predicted molar refractivity (Wildman–Crippen MR) is 129 cm³/mol. The van der Waals surface area contributed by atoms with E-state index in [1.807, 2.05) is 18.2 Å². The highest BCUT2D eigenvalue weighted by molar-refractivity contribution is 7.92. The third-order valence-corrected chi connectivity index (χ3v) is 7.64. The summed E-state index contributed by atoms with van der Waals surface area (Å²) in [5, 5.41) is 7.94. The van der Waals surface area contributed by atoms with E-state index in [2.05, 4.69) is 43.4 Å². The van der Waals surface area contributed by atoms with E-state index < -0.39 is 10.0 Å². The van der Waals surface area contributed by atoms with Crippen molar-refractivity contribution in [1.29, 1.82) is 0 Å². The molecule has 2 N–H and O–H groups in total. The first-order chi connectivity index (χ1) is 15.9. The molecule has 3 heterocycles. The molecule has 10 heteroatoms. The van der Waals surface area contributed by atoms with Crippen molar-refractivity contribution < 1.29 is 12.9 Å². The van der Waals surface area contributed by atoms with Gasteiger partial charge < -0.3 is 9.84 Å². The van der Waals surface area contributed by atoms with E-state index in [-0.39, 0.29) is 10.8 Å². The maximum atomic E-state index is 12.7. The van der Waals surface area contributed by atoms with Gasteiger partial charge in [-0.2, -0.15) is 0 Å². The normalized spacial score (nSPS) is 11.6. The SMILES string of the molecule is Cc1noc(NS(=O)(=O)c2ccc(Nc3ncnc4sc(-c5ccccc5)cc34)cc2)c1C. The summed E-state index contributed by atoms with van der Waals surface area (Å²) in [6, 6.07) is 18.6. The highest BCUT2D eigenvalue weighted by Crippen LogP contribution is 2.35. The lowest BCUT2D eigenvalue weighted by molar-refractivity contribution is 0.430. The summed E-state index contributed by atoms with van der Waals surface area (Å²) in [6.07, 6.45) is 1.51. The van der Waals surface area contributed by atoms with Gasteiger partial charge in [-0.1, -0.05) is 35.5 Å². The zero-order chi connectivity index (χ0) is 23.0. The van der Waals surface area contributed by atoms with E-state index in [9.17, 15) is 8.42 Å². The number of aryl methyl sites for hydroxylation is 1. The van der Waals surface area contributed by atoms with Crippen LogP contribution in [0, 0.1) is 13.8 Å². The molecule has 3 aromatic heterocycles. The Balaban J connectivity index is 1.39. The number of thiophene rings is 1. The first kappa shape index (κ1) is 21.1. The quantitative estimate of drug-likeness (QED) is 0.332. The van der Waals surface area contributed by atoms with E-state index in [1.54, 1.807) is 37.3 Å². The first-order valence-electron chi connectivity index (χ1n) is 10.0. The zero-order valence-corrected chi connectivity index (χ0v) is 19.4. The number of rotatable bonds is 6.